The van der Waals surface area contributed by atoms with E-state index in [9.17, 15) is 0 Å². The molecular formula is C20H30O2. The van der Waals surface area contributed by atoms with Crippen LogP contribution >= 0.6 is 0 Å². The molecule has 1 aliphatic rings. The highest BCUT2D eigenvalue weighted by molar-refractivity contribution is 5.45. The summed E-state index contributed by atoms with van der Waals surface area (Å²) in [6.45, 7) is 12.7. The molecule has 0 spiro atoms. The second-order valence-corrected chi connectivity index (χ2v) is 7.69. The van der Waals surface area contributed by atoms with Gasteiger partial charge in [0.25, 0.3) is 0 Å². The summed E-state index contributed by atoms with van der Waals surface area (Å²) in [4.78, 5) is 0. The predicted octanol–water partition coefficient (Wildman–Crippen LogP) is 5.72. The van der Waals surface area contributed by atoms with E-state index >= 15 is 0 Å². The van der Waals surface area contributed by atoms with Gasteiger partial charge in [0, 0.05) is 17.5 Å². The molecule has 0 saturated heterocycles. The van der Waals surface area contributed by atoms with Crippen molar-refractivity contribution in [2.45, 2.75) is 59.8 Å². The zero-order valence-corrected chi connectivity index (χ0v) is 14.7. The Balaban J connectivity index is 1.77. The van der Waals surface area contributed by atoms with Crippen molar-refractivity contribution in [2.24, 2.45) is 5.41 Å². The smallest absolute Gasteiger partial charge is 0.126 e. The molecule has 1 unspecified atom stereocenters. The standard InChI is InChI=1S/C20H30O2/c1-15(7-6-11-20(3,4)5)10-12-21-17-8-9-18-16(2)14-22-19(18)13-17/h8-10,13,16H,6-7,11-12,14H2,1-5H3/b15-10+. The highest BCUT2D eigenvalue weighted by Gasteiger charge is 2.20. The summed E-state index contributed by atoms with van der Waals surface area (Å²) in [7, 11) is 0. The lowest BCUT2D eigenvalue weighted by atomic mass is 9.89. The number of fused-ring (bicyclic) bond motifs is 1. The minimum absolute atomic E-state index is 0.429. The molecule has 0 N–H and O–H groups in total. The number of hydrogen-bond acceptors (Lipinski definition) is 2. The fraction of sp³-hybridized carbons (Fsp3) is 0.600. The van der Waals surface area contributed by atoms with Crippen LogP contribution in [-0.4, -0.2) is 13.2 Å². The van der Waals surface area contributed by atoms with E-state index in [1.807, 2.05) is 12.1 Å². The van der Waals surface area contributed by atoms with Crippen molar-refractivity contribution in [1.29, 1.82) is 0 Å². The molecule has 0 bridgehead atoms. The van der Waals surface area contributed by atoms with Gasteiger partial charge in [0.1, 0.15) is 18.1 Å². The van der Waals surface area contributed by atoms with Crippen LogP contribution in [-0.2, 0) is 0 Å². The molecule has 0 radical (unpaired) electrons. The Morgan fingerprint density at radius 2 is 2.14 bits per heavy atom. The second-order valence-electron chi connectivity index (χ2n) is 7.69. The van der Waals surface area contributed by atoms with Crippen LogP contribution in [0.5, 0.6) is 11.5 Å². The van der Waals surface area contributed by atoms with Gasteiger partial charge in [-0.1, -0.05) is 39.3 Å². The Hall–Kier alpha value is -1.44. The SMILES string of the molecule is C/C(=C\COc1ccc2c(c1)OCC2C)CCCC(C)(C)C. The van der Waals surface area contributed by atoms with Gasteiger partial charge in [0.05, 0.1) is 6.61 Å². The topological polar surface area (TPSA) is 18.5 Å². The van der Waals surface area contributed by atoms with Crippen LogP contribution in [0.1, 0.15) is 65.4 Å². The molecule has 1 atom stereocenters. The molecule has 22 heavy (non-hydrogen) atoms. The van der Waals surface area contributed by atoms with Gasteiger partial charge in [-0.25, -0.2) is 0 Å². The fourth-order valence-electron chi connectivity index (χ4n) is 2.72. The van der Waals surface area contributed by atoms with Gasteiger partial charge in [0.15, 0.2) is 0 Å². The van der Waals surface area contributed by atoms with Crippen LogP contribution in [0.15, 0.2) is 29.8 Å². The minimum Gasteiger partial charge on any atom is -0.493 e. The van der Waals surface area contributed by atoms with Gasteiger partial charge in [-0.15, -0.1) is 0 Å². The number of allylic oxidation sites excluding steroid dienone is 1. The van der Waals surface area contributed by atoms with E-state index in [2.05, 4.69) is 46.8 Å². The maximum atomic E-state index is 5.83. The van der Waals surface area contributed by atoms with Gasteiger partial charge in [-0.3, -0.25) is 0 Å². The number of benzene rings is 1. The summed E-state index contributed by atoms with van der Waals surface area (Å²) < 4.78 is 11.5. The van der Waals surface area contributed by atoms with Gasteiger partial charge >= 0.3 is 0 Å². The van der Waals surface area contributed by atoms with Gasteiger partial charge < -0.3 is 9.47 Å². The van der Waals surface area contributed by atoms with Crippen LogP contribution in [0.3, 0.4) is 0 Å². The molecule has 0 fully saturated rings. The van der Waals surface area contributed by atoms with Crippen LogP contribution in [0.2, 0.25) is 0 Å². The number of ether oxygens (including phenoxy) is 2. The highest BCUT2D eigenvalue weighted by Crippen LogP contribution is 2.36. The maximum absolute atomic E-state index is 5.83. The molecule has 2 nitrogen and oxygen atoms in total. The van der Waals surface area contributed by atoms with Crippen molar-refractivity contribution >= 4 is 0 Å². The van der Waals surface area contributed by atoms with Crippen molar-refractivity contribution in [3.8, 4) is 11.5 Å². The molecule has 0 aliphatic carbocycles. The quantitative estimate of drug-likeness (QED) is 0.625. The lowest BCUT2D eigenvalue weighted by Gasteiger charge is -2.17. The van der Waals surface area contributed by atoms with Crippen LogP contribution in [0.25, 0.3) is 0 Å². The van der Waals surface area contributed by atoms with Crippen molar-refractivity contribution in [3.05, 3.63) is 35.4 Å². The second kappa shape index (κ2) is 7.21. The summed E-state index contributed by atoms with van der Waals surface area (Å²) in [5.74, 6) is 2.37. The van der Waals surface area contributed by atoms with Gasteiger partial charge in [-0.2, -0.15) is 0 Å². The van der Waals surface area contributed by atoms with Gasteiger partial charge in [0.2, 0.25) is 0 Å². The van der Waals surface area contributed by atoms with E-state index in [4.69, 9.17) is 9.47 Å². The average Bonchev–Trinajstić information content (AvgIpc) is 2.78. The molecule has 2 rings (SSSR count). The summed E-state index contributed by atoms with van der Waals surface area (Å²) in [5, 5.41) is 0. The van der Waals surface area contributed by atoms with Crippen molar-refractivity contribution in [1.82, 2.24) is 0 Å². The third kappa shape index (κ3) is 5.08. The van der Waals surface area contributed by atoms with E-state index in [0.29, 0.717) is 17.9 Å². The molecule has 0 aromatic heterocycles. The summed E-state index contributed by atoms with van der Waals surface area (Å²) in [5.41, 5.74) is 3.13. The first-order valence-electron chi connectivity index (χ1n) is 8.40. The van der Waals surface area contributed by atoms with E-state index < -0.39 is 0 Å². The lowest BCUT2D eigenvalue weighted by Crippen LogP contribution is -2.04. The summed E-state index contributed by atoms with van der Waals surface area (Å²) >= 11 is 0. The van der Waals surface area contributed by atoms with E-state index in [1.54, 1.807) is 0 Å². The van der Waals surface area contributed by atoms with Crippen molar-refractivity contribution < 1.29 is 9.47 Å². The third-order valence-corrected chi connectivity index (χ3v) is 4.18. The zero-order chi connectivity index (χ0) is 16.2. The molecule has 0 saturated carbocycles. The first-order chi connectivity index (χ1) is 10.3. The van der Waals surface area contributed by atoms with Crippen molar-refractivity contribution in [2.75, 3.05) is 13.2 Å². The average molecular weight is 302 g/mol. The van der Waals surface area contributed by atoms with Crippen molar-refractivity contribution in [3.63, 3.8) is 0 Å². The molecule has 1 aromatic carbocycles. The van der Waals surface area contributed by atoms with Crippen LogP contribution in [0, 0.1) is 5.41 Å². The lowest BCUT2D eigenvalue weighted by molar-refractivity contribution is 0.331. The molecule has 1 aliphatic heterocycles. The monoisotopic (exact) mass is 302 g/mol. The van der Waals surface area contributed by atoms with E-state index in [0.717, 1.165) is 24.5 Å². The number of hydrogen-bond donors (Lipinski definition) is 0. The minimum atomic E-state index is 0.429. The van der Waals surface area contributed by atoms with Crippen LogP contribution in [0.4, 0.5) is 0 Å². The maximum Gasteiger partial charge on any atom is 0.126 e. The normalized spacial score (nSPS) is 18.0. The molecule has 2 heteroatoms. The Morgan fingerprint density at radius 3 is 2.86 bits per heavy atom. The zero-order valence-electron chi connectivity index (χ0n) is 14.7. The first kappa shape index (κ1) is 16.9. The number of rotatable bonds is 6. The summed E-state index contributed by atoms with van der Waals surface area (Å²) in [6, 6.07) is 6.19. The Morgan fingerprint density at radius 1 is 1.36 bits per heavy atom. The largest absolute Gasteiger partial charge is 0.493 e. The highest BCUT2D eigenvalue weighted by atomic mass is 16.5. The van der Waals surface area contributed by atoms with Crippen LogP contribution < -0.4 is 9.47 Å². The Kier molecular flexibility index (Phi) is 5.55. The molecule has 1 aromatic rings. The van der Waals surface area contributed by atoms with E-state index in [-0.39, 0.29) is 0 Å². The third-order valence-electron chi connectivity index (χ3n) is 4.18. The van der Waals surface area contributed by atoms with Gasteiger partial charge in [-0.05, 0) is 43.7 Å². The molecule has 1 heterocycles. The molecule has 0 amide bonds. The Labute approximate surface area is 135 Å². The summed E-state index contributed by atoms with van der Waals surface area (Å²) in [6.07, 6.45) is 5.86. The first-order valence-corrected chi connectivity index (χ1v) is 8.40. The molecule has 122 valence electrons. The van der Waals surface area contributed by atoms with E-state index in [1.165, 1.54) is 24.0 Å². The predicted molar refractivity (Wildman–Crippen MR) is 92.9 cm³/mol. The fourth-order valence-corrected chi connectivity index (χ4v) is 2.72. The Bertz CT molecular complexity index is 523. The molecular weight excluding hydrogens is 272 g/mol.